The van der Waals surface area contributed by atoms with Gasteiger partial charge in [0.25, 0.3) is 0 Å². The maximum atomic E-state index is 12.9. The van der Waals surface area contributed by atoms with E-state index < -0.39 is 62.0 Å². The molecule has 1 aliphatic heterocycles. The highest BCUT2D eigenvalue weighted by molar-refractivity contribution is 7.53. The number of esters is 4. The molecule has 12 nitrogen and oxygen atoms in total. The molecule has 0 aromatic rings. The fraction of sp³-hybridized carbons (Fsp3) is 0.800. The van der Waals surface area contributed by atoms with Gasteiger partial charge in [-0.05, 0) is 20.3 Å². The second-order valence-electron chi connectivity index (χ2n) is 7.20. The van der Waals surface area contributed by atoms with Crippen molar-refractivity contribution in [1.29, 1.82) is 0 Å². The third-order valence-corrected chi connectivity index (χ3v) is 6.54. The molecule has 0 N–H and O–H groups in total. The minimum atomic E-state index is -3.48. The van der Waals surface area contributed by atoms with Crippen molar-refractivity contribution in [2.45, 2.75) is 78.5 Å². The van der Waals surface area contributed by atoms with Crippen molar-refractivity contribution in [3.05, 3.63) is 0 Å². The summed E-state index contributed by atoms with van der Waals surface area (Å²) < 4.78 is 50.6. The van der Waals surface area contributed by atoms with E-state index >= 15 is 0 Å². The average Bonchev–Trinajstić information content (AvgIpc) is 2.68. The summed E-state index contributed by atoms with van der Waals surface area (Å²) in [4.78, 5) is 46.7. The molecule has 0 aromatic heterocycles. The number of hydrogen-bond donors (Lipinski definition) is 0. The van der Waals surface area contributed by atoms with Gasteiger partial charge in [-0.1, -0.05) is 0 Å². The average molecular weight is 496 g/mol. The van der Waals surface area contributed by atoms with Gasteiger partial charge in [-0.25, -0.2) is 0 Å². The van der Waals surface area contributed by atoms with E-state index in [2.05, 4.69) is 0 Å². The molecule has 1 fully saturated rings. The molecule has 1 aliphatic rings. The molecule has 0 saturated carbocycles. The highest BCUT2D eigenvalue weighted by atomic mass is 31.2. The minimum absolute atomic E-state index is 0.0103. The van der Waals surface area contributed by atoms with Gasteiger partial charge in [-0.2, -0.15) is 0 Å². The van der Waals surface area contributed by atoms with Crippen molar-refractivity contribution >= 4 is 31.5 Å². The van der Waals surface area contributed by atoms with Crippen LogP contribution in [0.1, 0.15) is 48.0 Å². The Morgan fingerprint density at radius 1 is 0.727 bits per heavy atom. The molecule has 0 bridgehead atoms. The second kappa shape index (κ2) is 13.6. The van der Waals surface area contributed by atoms with E-state index in [-0.39, 0.29) is 32.4 Å². The largest absolute Gasteiger partial charge is 0.463 e. The van der Waals surface area contributed by atoms with Crippen LogP contribution in [0.5, 0.6) is 0 Å². The highest BCUT2D eigenvalue weighted by Crippen LogP contribution is 2.49. The Balaban J connectivity index is 3.32. The number of carbonyl (C=O) groups excluding carboxylic acids is 4. The van der Waals surface area contributed by atoms with Crippen LogP contribution >= 0.6 is 7.60 Å². The normalized spacial score (nSPS) is 25.1. The quantitative estimate of drug-likeness (QED) is 0.220. The van der Waals surface area contributed by atoms with Gasteiger partial charge in [0.1, 0.15) is 12.7 Å². The Kier molecular flexibility index (Phi) is 12.0. The first-order valence-corrected chi connectivity index (χ1v) is 12.3. The summed E-state index contributed by atoms with van der Waals surface area (Å²) in [7, 11) is -3.48. The Morgan fingerprint density at radius 2 is 1.18 bits per heavy atom. The number of ether oxygens (including phenoxy) is 5. The van der Waals surface area contributed by atoms with Crippen LogP contribution in [0.3, 0.4) is 0 Å². The first-order valence-electron chi connectivity index (χ1n) is 10.6. The molecule has 13 heteroatoms. The summed E-state index contributed by atoms with van der Waals surface area (Å²) in [5.74, 6) is -2.76. The Morgan fingerprint density at radius 3 is 1.61 bits per heavy atom. The maximum Gasteiger partial charge on any atom is 0.330 e. The lowest BCUT2D eigenvalue weighted by Gasteiger charge is -2.44. The maximum absolute atomic E-state index is 12.9. The van der Waals surface area contributed by atoms with Crippen LogP contribution in [-0.4, -0.2) is 80.4 Å². The van der Waals surface area contributed by atoms with Gasteiger partial charge in [-0.15, -0.1) is 0 Å². The van der Waals surface area contributed by atoms with Crippen LogP contribution in [0, 0.1) is 0 Å². The van der Waals surface area contributed by atoms with Gasteiger partial charge in [0.2, 0.25) is 0 Å². The van der Waals surface area contributed by atoms with Crippen LogP contribution in [-0.2, 0) is 56.5 Å². The van der Waals surface area contributed by atoms with Crippen molar-refractivity contribution in [2.24, 2.45) is 0 Å². The van der Waals surface area contributed by atoms with E-state index in [0.29, 0.717) is 0 Å². The monoisotopic (exact) mass is 496 g/mol. The predicted octanol–water partition coefficient (Wildman–Crippen LogP) is 1.77. The smallest absolute Gasteiger partial charge is 0.330 e. The molecule has 0 amide bonds. The van der Waals surface area contributed by atoms with Crippen molar-refractivity contribution in [2.75, 3.05) is 26.0 Å². The van der Waals surface area contributed by atoms with Gasteiger partial charge in [0.05, 0.1) is 25.5 Å². The zero-order valence-electron chi connectivity index (χ0n) is 19.8. The Labute approximate surface area is 193 Å². The second-order valence-corrected chi connectivity index (χ2v) is 9.38. The lowest BCUT2D eigenvalue weighted by atomic mass is 9.93. The molecule has 0 unspecified atom stereocenters. The molecule has 1 heterocycles. The van der Waals surface area contributed by atoms with E-state index in [1.165, 1.54) is 6.92 Å². The Bertz CT molecular complexity index is 729. The number of carbonyl (C=O) groups is 4. The van der Waals surface area contributed by atoms with Crippen molar-refractivity contribution < 1.29 is 56.5 Å². The molecule has 190 valence electrons. The molecule has 0 spiro atoms. The zero-order chi connectivity index (χ0) is 25.2. The summed E-state index contributed by atoms with van der Waals surface area (Å²) in [6, 6.07) is 0. The molecule has 1 saturated heterocycles. The molecule has 0 aliphatic carbocycles. The fourth-order valence-electron chi connectivity index (χ4n) is 3.40. The molecule has 0 radical (unpaired) electrons. The molecule has 0 aromatic carbocycles. The van der Waals surface area contributed by atoms with E-state index in [1.54, 1.807) is 13.8 Å². The highest BCUT2D eigenvalue weighted by Gasteiger charge is 2.52. The van der Waals surface area contributed by atoms with Crippen LogP contribution in [0.4, 0.5) is 0 Å². The number of rotatable bonds is 12. The van der Waals surface area contributed by atoms with Crippen molar-refractivity contribution in [3.8, 4) is 0 Å². The third kappa shape index (κ3) is 9.79. The zero-order valence-corrected chi connectivity index (χ0v) is 20.7. The summed E-state index contributed by atoms with van der Waals surface area (Å²) in [5.41, 5.74) is 0. The van der Waals surface area contributed by atoms with E-state index in [0.717, 1.165) is 20.8 Å². The lowest BCUT2D eigenvalue weighted by Crippen LogP contribution is -2.62. The minimum Gasteiger partial charge on any atom is -0.463 e. The summed E-state index contributed by atoms with van der Waals surface area (Å²) in [6.45, 7) is 7.92. The van der Waals surface area contributed by atoms with E-state index in [4.69, 9.17) is 32.7 Å². The van der Waals surface area contributed by atoms with E-state index in [9.17, 15) is 23.7 Å². The van der Waals surface area contributed by atoms with Gasteiger partial charge >= 0.3 is 31.5 Å². The molecule has 5 atom stereocenters. The summed E-state index contributed by atoms with van der Waals surface area (Å²) >= 11 is 0. The standard InChI is InChI=1S/C20H33O12P/c1-7-27-33(25,28-8-2)10-9-16-18(29-13(4)22)20(31-15(6)24)19(30-14(5)23)17(32-16)11-26-12(3)21/h16-20H,7-11H2,1-6H3/t16-,17+,18-,19-,20+/m0/s1. The SMILES string of the molecule is CCOP(=O)(CC[C@@H]1O[C@H](COC(C)=O)[C@H](OC(C)=O)[C@H](OC(C)=O)[C@H]1OC(C)=O)OCC. The van der Waals surface area contributed by atoms with Crippen LogP contribution in [0.15, 0.2) is 0 Å². The van der Waals surface area contributed by atoms with Gasteiger partial charge in [0, 0.05) is 27.7 Å². The van der Waals surface area contributed by atoms with Crippen LogP contribution < -0.4 is 0 Å². The first kappa shape index (κ1) is 29.0. The summed E-state index contributed by atoms with van der Waals surface area (Å²) in [6.07, 6.45) is -5.83. The predicted molar refractivity (Wildman–Crippen MR) is 112 cm³/mol. The summed E-state index contributed by atoms with van der Waals surface area (Å²) in [5, 5.41) is 0. The van der Waals surface area contributed by atoms with Crippen molar-refractivity contribution in [3.63, 3.8) is 0 Å². The molecular formula is C20H33O12P. The van der Waals surface area contributed by atoms with Crippen molar-refractivity contribution in [1.82, 2.24) is 0 Å². The lowest BCUT2D eigenvalue weighted by molar-refractivity contribution is -0.252. The molecular weight excluding hydrogens is 463 g/mol. The molecule has 1 rings (SSSR count). The number of hydrogen-bond acceptors (Lipinski definition) is 12. The van der Waals surface area contributed by atoms with Gasteiger partial charge in [0.15, 0.2) is 18.3 Å². The first-order chi connectivity index (χ1) is 15.4. The fourth-order valence-corrected chi connectivity index (χ4v) is 5.09. The third-order valence-electron chi connectivity index (χ3n) is 4.43. The van der Waals surface area contributed by atoms with E-state index in [1.807, 2.05) is 0 Å². The topological polar surface area (TPSA) is 150 Å². The molecule has 33 heavy (non-hydrogen) atoms. The van der Waals surface area contributed by atoms with Gasteiger partial charge in [-0.3, -0.25) is 23.7 Å². The van der Waals surface area contributed by atoms with Crippen LogP contribution in [0.2, 0.25) is 0 Å². The van der Waals surface area contributed by atoms with Crippen LogP contribution in [0.25, 0.3) is 0 Å². The Hall–Kier alpha value is -2.01. The van der Waals surface area contributed by atoms with Gasteiger partial charge < -0.3 is 32.7 Å².